The van der Waals surface area contributed by atoms with Crippen LogP contribution in [0.5, 0.6) is 0 Å². The maximum Gasteiger partial charge on any atom is 0.306 e. The summed E-state index contributed by atoms with van der Waals surface area (Å²) in [5, 5.41) is 19.3. The normalized spacial score (nSPS) is 13.3. The summed E-state index contributed by atoms with van der Waals surface area (Å²) in [6.45, 7) is 3.94. The SMILES string of the molecule is CCCCCCCCCCCCCCCCCCCCC(=O)OC[C@H](CO)OC(=O)CCC/C=C\C/C=C\C/C=C\C/C=C\[C@H](O)CCCC. The number of allylic oxidation sites excluding steroid dienone is 7. The first-order valence-corrected chi connectivity index (χ1v) is 20.8. The van der Waals surface area contributed by atoms with Gasteiger partial charge in [0.1, 0.15) is 6.61 Å². The van der Waals surface area contributed by atoms with Crippen LogP contribution in [0.1, 0.15) is 194 Å². The average Bonchev–Trinajstić information content (AvgIpc) is 3.11. The van der Waals surface area contributed by atoms with Gasteiger partial charge < -0.3 is 19.7 Å². The van der Waals surface area contributed by atoms with Crippen LogP contribution in [0.4, 0.5) is 0 Å². The summed E-state index contributed by atoms with van der Waals surface area (Å²) < 4.78 is 10.6. The highest BCUT2D eigenvalue weighted by Crippen LogP contribution is 2.15. The van der Waals surface area contributed by atoms with E-state index in [0.717, 1.165) is 64.2 Å². The first-order valence-electron chi connectivity index (χ1n) is 20.8. The standard InChI is InChI=1S/C44H78O6/c1-3-5-7-8-9-10-11-12-13-14-15-16-17-21-24-27-30-33-37-43(47)49-40-42(39-45)50-44(48)38-34-31-28-25-22-19-18-20-23-26-29-32-36-41(46)35-6-4-2/h18-19,23,25-26,28,32,36,41-42,45-46H,3-17,20-22,24,27,29-31,33-35,37-40H2,1-2H3/b19-18-,26-23-,28-25-,36-32-/t41-,42+/m1/s1. The molecule has 0 rings (SSSR count). The van der Waals surface area contributed by atoms with E-state index in [2.05, 4.69) is 50.3 Å². The van der Waals surface area contributed by atoms with Crippen LogP contribution in [0.15, 0.2) is 48.6 Å². The lowest BCUT2D eigenvalue weighted by molar-refractivity contribution is -0.161. The highest BCUT2D eigenvalue weighted by molar-refractivity contribution is 5.70. The van der Waals surface area contributed by atoms with Crippen LogP contribution in [-0.4, -0.2) is 47.6 Å². The van der Waals surface area contributed by atoms with Crippen LogP contribution in [0.2, 0.25) is 0 Å². The summed E-state index contributed by atoms with van der Waals surface area (Å²) in [6.07, 6.45) is 46.6. The molecule has 0 saturated heterocycles. The lowest BCUT2D eigenvalue weighted by Crippen LogP contribution is -2.28. The van der Waals surface area contributed by atoms with E-state index in [1.54, 1.807) is 0 Å². The van der Waals surface area contributed by atoms with Crippen molar-refractivity contribution in [2.45, 2.75) is 206 Å². The van der Waals surface area contributed by atoms with Crippen LogP contribution in [0, 0.1) is 0 Å². The lowest BCUT2D eigenvalue weighted by Gasteiger charge is -2.15. The van der Waals surface area contributed by atoms with Crippen molar-refractivity contribution >= 4 is 11.9 Å². The molecule has 2 atom stereocenters. The van der Waals surface area contributed by atoms with Crippen LogP contribution < -0.4 is 0 Å². The molecule has 0 aliphatic carbocycles. The van der Waals surface area contributed by atoms with Gasteiger partial charge in [-0.3, -0.25) is 9.59 Å². The number of unbranched alkanes of at least 4 members (excludes halogenated alkanes) is 19. The maximum atomic E-state index is 12.2. The summed E-state index contributed by atoms with van der Waals surface area (Å²) in [5.74, 6) is -0.675. The minimum absolute atomic E-state index is 0.0968. The predicted octanol–water partition coefficient (Wildman–Crippen LogP) is 12.0. The molecule has 0 spiro atoms. The molecule has 0 fully saturated rings. The van der Waals surface area contributed by atoms with E-state index < -0.39 is 6.10 Å². The molecule has 0 aromatic carbocycles. The number of carbonyl (C=O) groups excluding carboxylic acids is 2. The second-order valence-corrected chi connectivity index (χ2v) is 13.9. The molecule has 50 heavy (non-hydrogen) atoms. The minimum Gasteiger partial charge on any atom is -0.462 e. The number of hydrogen-bond acceptors (Lipinski definition) is 6. The molecule has 0 aliphatic rings. The summed E-state index contributed by atoms with van der Waals surface area (Å²) >= 11 is 0. The molecule has 0 amide bonds. The quantitative estimate of drug-likeness (QED) is 0.0380. The lowest BCUT2D eigenvalue weighted by atomic mass is 10.0. The van der Waals surface area contributed by atoms with Crippen molar-refractivity contribution in [3.63, 3.8) is 0 Å². The zero-order chi connectivity index (χ0) is 36.6. The molecule has 0 bridgehead atoms. The Morgan fingerprint density at radius 1 is 0.540 bits per heavy atom. The fourth-order valence-corrected chi connectivity index (χ4v) is 5.74. The van der Waals surface area contributed by atoms with E-state index in [9.17, 15) is 19.8 Å². The van der Waals surface area contributed by atoms with Crippen molar-refractivity contribution in [2.75, 3.05) is 13.2 Å². The van der Waals surface area contributed by atoms with Crippen LogP contribution in [-0.2, 0) is 19.1 Å². The summed E-state index contributed by atoms with van der Waals surface area (Å²) in [5.41, 5.74) is 0. The largest absolute Gasteiger partial charge is 0.462 e. The van der Waals surface area contributed by atoms with Crippen LogP contribution in [0.25, 0.3) is 0 Å². The smallest absolute Gasteiger partial charge is 0.306 e. The van der Waals surface area contributed by atoms with Gasteiger partial charge in [0.2, 0.25) is 0 Å². The molecule has 0 heterocycles. The highest BCUT2D eigenvalue weighted by atomic mass is 16.6. The van der Waals surface area contributed by atoms with Gasteiger partial charge in [0.05, 0.1) is 12.7 Å². The second-order valence-electron chi connectivity index (χ2n) is 13.9. The molecule has 0 aromatic rings. The molecule has 0 aliphatic heterocycles. The zero-order valence-electron chi connectivity index (χ0n) is 32.5. The van der Waals surface area contributed by atoms with E-state index in [-0.39, 0.29) is 37.7 Å². The van der Waals surface area contributed by atoms with Crippen LogP contribution in [0.3, 0.4) is 0 Å². The van der Waals surface area contributed by atoms with Gasteiger partial charge in [-0.25, -0.2) is 0 Å². The topological polar surface area (TPSA) is 93.1 Å². The first kappa shape index (κ1) is 47.8. The molecule has 6 heteroatoms. The summed E-state index contributed by atoms with van der Waals surface area (Å²) in [4.78, 5) is 24.3. The molecule has 6 nitrogen and oxygen atoms in total. The number of aliphatic hydroxyl groups excluding tert-OH is 2. The predicted molar refractivity (Wildman–Crippen MR) is 211 cm³/mol. The third kappa shape index (κ3) is 37.1. The van der Waals surface area contributed by atoms with E-state index >= 15 is 0 Å². The Bertz CT molecular complexity index is 861. The number of ether oxygens (including phenoxy) is 2. The molecule has 0 aromatic heterocycles. The molecule has 0 radical (unpaired) electrons. The Morgan fingerprint density at radius 3 is 1.48 bits per heavy atom. The second kappa shape index (κ2) is 39.6. The Morgan fingerprint density at radius 2 is 0.980 bits per heavy atom. The number of rotatable bonds is 37. The average molecular weight is 703 g/mol. The van der Waals surface area contributed by atoms with Gasteiger partial charge in [0, 0.05) is 12.8 Å². The van der Waals surface area contributed by atoms with Gasteiger partial charge >= 0.3 is 11.9 Å². The molecule has 2 N–H and O–H groups in total. The Hall–Kier alpha value is -2.18. The van der Waals surface area contributed by atoms with Gasteiger partial charge in [-0.05, 0) is 44.9 Å². The fraction of sp³-hybridized carbons (Fsp3) is 0.773. The van der Waals surface area contributed by atoms with Gasteiger partial charge in [0.15, 0.2) is 6.10 Å². The van der Waals surface area contributed by atoms with Crippen LogP contribution >= 0.6 is 0 Å². The number of carbonyl (C=O) groups is 2. The van der Waals surface area contributed by atoms with E-state index in [1.165, 1.54) is 96.3 Å². The monoisotopic (exact) mass is 703 g/mol. The third-order valence-electron chi connectivity index (χ3n) is 8.95. The zero-order valence-corrected chi connectivity index (χ0v) is 32.5. The minimum atomic E-state index is -0.810. The van der Waals surface area contributed by atoms with Gasteiger partial charge in [-0.1, -0.05) is 184 Å². The Labute approximate surface area is 308 Å². The van der Waals surface area contributed by atoms with Crippen molar-refractivity contribution in [1.82, 2.24) is 0 Å². The van der Waals surface area contributed by atoms with Crippen molar-refractivity contribution in [2.24, 2.45) is 0 Å². The fourth-order valence-electron chi connectivity index (χ4n) is 5.74. The summed E-state index contributed by atoms with van der Waals surface area (Å²) in [6, 6.07) is 0. The highest BCUT2D eigenvalue weighted by Gasteiger charge is 2.16. The molecule has 0 unspecified atom stereocenters. The molecular formula is C44H78O6. The number of esters is 2. The Balaban J connectivity index is 3.65. The first-order chi connectivity index (χ1) is 24.5. The van der Waals surface area contributed by atoms with Crippen molar-refractivity contribution in [3.05, 3.63) is 48.6 Å². The van der Waals surface area contributed by atoms with Gasteiger partial charge in [-0.15, -0.1) is 0 Å². The van der Waals surface area contributed by atoms with Gasteiger partial charge in [0.25, 0.3) is 0 Å². The summed E-state index contributed by atoms with van der Waals surface area (Å²) in [7, 11) is 0. The van der Waals surface area contributed by atoms with Crippen molar-refractivity contribution in [3.8, 4) is 0 Å². The Kier molecular flexibility index (Phi) is 37.9. The molecular weight excluding hydrogens is 624 g/mol. The van der Waals surface area contributed by atoms with Crippen molar-refractivity contribution in [1.29, 1.82) is 0 Å². The maximum absolute atomic E-state index is 12.2. The number of hydrogen-bond donors (Lipinski definition) is 2. The number of aliphatic hydroxyl groups is 2. The van der Waals surface area contributed by atoms with E-state index in [4.69, 9.17) is 9.47 Å². The van der Waals surface area contributed by atoms with E-state index in [1.807, 2.05) is 12.2 Å². The van der Waals surface area contributed by atoms with E-state index in [0.29, 0.717) is 12.8 Å². The van der Waals surface area contributed by atoms with Crippen molar-refractivity contribution < 1.29 is 29.3 Å². The third-order valence-corrected chi connectivity index (χ3v) is 8.95. The van der Waals surface area contributed by atoms with Gasteiger partial charge in [-0.2, -0.15) is 0 Å². The molecule has 0 saturated carbocycles. The molecule has 290 valence electrons.